The molecule has 1 aromatic carbocycles. The molecule has 0 aliphatic heterocycles. The van der Waals surface area contributed by atoms with E-state index in [-0.39, 0.29) is 11.7 Å². The largest absolute Gasteiger partial charge is 0.494 e. The average Bonchev–Trinajstić information content (AvgIpc) is 3.00. The smallest absolute Gasteiger partial charge is 0.307 e. The lowest BCUT2D eigenvalue weighted by molar-refractivity contribution is 0.0927. The fourth-order valence-corrected chi connectivity index (χ4v) is 1.62. The molecule has 20 heavy (non-hydrogen) atoms. The molecule has 0 fully saturated rings. The van der Waals surface area contributed by atoms with E-state index in [9.17, 15) is 4.79 Å². The van der Waals surface area contributed by atoms with Gasteiger partial charge in [0.05, 0.1) is 18.6 Å². The van der Waals surface area contributed by atoms with Crippen molar-refractivity contribution in [1.29, 1.82) is 0 Å². The fourth-order valence-electron chi connectivity index (χ4n) is 1.62. The Morgan fingerprint density at radius 3 is 2.65 bits per heavy atom. The van der Waals surface area contributed by atoms with E-state index in [1.54, 1.807) is 12.1 Å². The fraction of sp³-hybridized carbons (Fsp3) is 0.200. The van der Waals surface area contributed by atoms with Crippen LogP contribution in [0.15, 0.2) is 52.2 Å². The Morgan fingerprint density at radius 1 is 1.30 bits per heavy atom. The Hall–Kier alpha value is -2.56. The van der Waals surface area contributed by atoms with E-state index < -0.39 is 0 Å². The van der Waals surface area contributed by atoms with E-state index in [0.29, 0.717) is 12.3 Å². The Morgan fingerprint density at radius 2 is 2.05 bits per heavy atom. The van der Waals surface area contributed by atoms with Crippen molar-refractivity contribution in [1.82, 2.24) is 5.43 Å². The standard InChI is InChI=1S/C15H16N2O3/c1-3-19-13-8-6-12(7-9-13)11(2)16-17-15(18)14-5-4-10-20-14/h4-10H,3H2,1-2H3,(H,17,18)/b16-11-. The molecule has 0 atom stereocenters. The first-order valence-electron chi connectivity index (χ1n) is 6.32. The van der Waals surface area contributed by atoms with E-state index >= 15 is 0 Å². The van der Waals surface area contributed by atoms with Crippen molar-refractivity contribution in [2.45, 2.75) is 13.8 Å². The molecule has 2 rings (SSSR count). The molecule has 1 amide bonds. The quantitative estimate of drug-likeness (QED) is 0.672. The average molecular weight is 272 g/mol. The van der Waals surface area contributed by atoms with Gasteiger partial charge in [-0.05, 0) is 55.8 Å². The zero-order chi connectivity index (χ0) is 14.4. The van der Waals surface area contributed by atoms with Crippen LogP contribution in [-0.4, -0.2) is 18.2 Å². The van der Waals surface area contributed by atoms with Crippen LogP contribution < -0.4 is 10.2 Å². The lowest BCUT2D eigenvalue weighted by atomic mass is 10.1. The number of nitrogens with zero attached hydrogens (tertiary/aromatic N) is 1. The van der Waals surface area contributed by atoms with Crippen molar-refractivity contribution in [3.05, 3.63) is 54.0 Å². The van der Waals surface area contributed by atoms with Crippen LogP contribution in [0.4, 0.5) is 0 Å². The molecule has 1 N–H and O–H groups in total. The van der Waals surface area contributed by atoms with Crippen molar-refractivity contribution in [3.63, 3.8) is 0 Å². The minimum absolute atomic E-state index is 0.230. The van der Waals surface area contributed by atoms with Gasteiger partial charge in [-0.1, -0.05) is 0 Å². The van der Waals surface area contributed by atoms with Crippen LogP contribution in [0.5, 0.6) is 5.75 Å². The topological polar surface area (TPSA) is 63.8 Å². The number of furan rings is 1. The second-order valence-electron chi connectivity index (χ2n) is 4.07. The lowest BCUT2D eigenvalue weighted by Crippen LogP contribution is -2.18. The van der Waals surface area contributed by atoms with Gasteiger partial charge in [-0.2, -0.15) is 5.10 Å². The predicted octanol–water partition coefficient (Wildman–Crippen LogP) is 2.83. The first kappa shape index (κ1) is 13.9. The summed E-state index contributed by atoms with van der Waals surface area (Å²) in [6.07, 6.45) is 1.44. The van der Waals surface area contributed by atoms with E-state index in [2.05, 4.69) is 10.5 Å². The molecule has 5 heteroatoms. The number of amides is 1. The van der Waals surface area contributed by atoms with Gasteiger partial charge in [0, 0.05) is 0 Å². The molecular formula is C15H16N2O3. The summed E-state index contributed by atoms with van der Waals surface area (Å²) in [7, 11) is 0. The first-order chi connectivity index (χ1) is 9.70. The molecular weight excluding hydrogens is 256 g/mol. The van der Waals surface area contributed by atoms with Gasteiger partial charge in [0.2, 0.25) is 0 Å². The van der Waals surface area contributed by atoms with Crippen LogP contribution >= 0.6 is 0 Å². The number of nitrogens with one attached hydrogen (secondary N) is 1. The van der Waals surface area contributed by atoms with Crippen LogP contribution in [-0.2, 0) is 0 Å². The SMILES string of the molecule is CCOc1ccc(/C(C)=N\NC(=O)c2ccco2)cc1. The summed E-state index contributed by atoms with van der Waals surface area (Å²) in [5, 5.41) is 4.04. The minimum atomic E-state index is -0.375. The van der Waals surface area contributed by atoms with Gasteiger partial charge in [-0.15, -0.1) is 0 Å². The molecule has 0 radical (unpaired) electrons. The summed E-state index contributed by atoms with van der Waals surface area (Å²) in [5.74, 6) is 0.664. The molecule has 2 aromatic rings. The van der Waals surface area contributed by atoms with Crippen molar-refractivity contribution in [2.24, 2.45) is 5.10 Å². The zero-order valence-electron chi connectivity index (χ0n) is 11.4. The highest BCUT2D eigenvalue weighted by molar-refractivity contribution is 6.00. The summed E-state index contributed by atoms with van der Waals surface area (Å²) < 4.78 is 10.3. The molecule has 0 aliphatic carbocycles. The van der Waals surface area contributed by atoms with E-state index in [0.717, 1.165) is 11.3 Å². The van der Waals surface area contributed by atoms with Crippen molar-refractivity contribution in [2.75, 3.05) is 6.61 Å². The van der Waals surface area contributed by atoms with Gasteiger partial charge in [0.25, 0.3) is 0 Å². The van der Waals surface area contributed by atoms with E-state index in [4.69, 9.17) is 9.15 Å². The van der Waals surface area contributed by atoms with Crippen molar-refractivity contribution >= 4 is 11.6 Å². The maximum Gasteiger partial charge on any atom is 0.307 e. The summed E-state index contributed by atoms with van der Waals surface area (Å²) >= 11 is 0. The van der Waals surface area contributed by atoms with Crippen LogP contribution in [0.1, 0.15) is 30.0 Å². The monoisotopic (exact) mass is 272 g/mol. The Balaban J connectivity index is 2.01. The maximum atomic E-state index is 11.6. The third-order valence-corrected chi connectivity index (χ3v) is 2.65. The predicted molar refractivity (Wildman–Crippen MR) is 76.0 cm³/mol. The number of carbonyl (C=O) groups excluding carboxylic acids is 1. The van der Waals surface area contributed by atoms with Crippen LogP contribution in [0, 0.1) is 0 Å². The van der Waals surface area contributed by atoms with Crippen molar-refractivity contribution < 1.29 is 13.9 Å². The summed E-state index contributed by atoms with van der Waals surface area (Å²) in [4.78, 5) is 11.6. The molecule has 5 nitrogen and oxygen atoms in total. The normalized spacial score (nSPS) is 11.2. The molecule has 0 unspecified atom stereocenters. The second-order valence-corrected chi connectivity index (χ2v) is 4.07. The zero-order valence-corrected chi connectivity index (χ0v) is 11.4. The first-order valence-corrected chi connectivity index (χ1v) is 6.32. The number of hydrazone groups is 1. The number of carbonyl (C=O) groups is 1. The molecule has 0 saturated heterocycles. The third kappa shape index (κ3) is 3.47. The van der Waals surface area contributed by atoms with Gasteiger partial charge in [0.1, 0.15) is 5.75 Å². The molecule has 1 aromatic heterocycles. The highest BCUT2D eigenvalue weighted by Crippen LogP contribution is 2.12. The number of hydrogen-bond donors (Lipinski definition) is 1. The minimum Gasteiger partial charge on any atom is -0.494 e. The Bertz CT molecular complexity index is 586. The van der Waals surface area contributed by atoms with Crippen LogP contribution in [0.2, 0.25) is 0 Å². The van der Waals surface area contributed by atoms with Gasteiger partial charge >= 0.3 is 5.91 Å². The van der Waals surface area contributed by atoms with Crippen molar-refractivity contribution in [3.8, 4) is 5.75 Å². The van der Waals surface area contributed by atoms with Crippen LogP contribution in [0.25, 0.3) is 0 Å². The number of benzene rings is 1. The second kappa shape index (κ2) is 6.56. The highest BCUT2D eigenvalue weighted by atomic mass is 16.5. The number of ether oxygens (including phenoxy) is 1. The Kier molecular flexibility index (Phi) is 4.55. The number of hydrogen-bond acceptors (Lipinski definition) is 4. The van der Waals surface area contributed by atoms with Gasteiger partial charge < -0.3 is 9.15 Å². The highest BCUT2D eigenvalue weighted by Gasteiger charge is 2.07. The Labute approximate surface area is 117 Å². The van der Waals surface area contributed by atoms with Gasteiger partial charge in [0.15, 0.2) is 5.76 Å². The van der Waals surface area contributed by atoms with Gasteiger partial charge in [-0.25, -0.2) is 5.43 Å². The molecule has 0 aliphatic rings. The third-order valence-electron chi connectivity index (χ3n) is 2.65. The summed E-state index contributed by atoms with van der Waals surface area (Å²) in [5.41, 5.74) is 4.06. The van der Waals surface area contributed by atoms with E-state index in [1.165, 1.54) is 6.26 Å². The molecule has 104 valence electrons. The van der Waals surface area contributed by atoms with Gasteiger partial charge in [-0.3, -0.25) is 4.79 Å². The van der Waals surface area contributed by atoms with Crippen LogP contribution in [0.3, 0.4) is 0 Å². The summed E-state index contributed by atoms with van der Waals surface area (Å²) in [6.45, 7) is 4.38. The lowest BCUT2D eigenvalue weighted by Gasteiger charge is -2.05. The maximum absolute atomic E-state index is 11.6. The number of rotatable bonds is 5. The summed E-state index contributed by atoms with van der Waals surface area (Å²) in [6, 6.07) is 10.7. The molecule has 1 heterocycles. The molecule has 0 bridgehead atoms. The van der Waals surface area contributed by atoms with E-state index in [1.807, 2.05) is 38.1 Å². The molecule has 0 saturated carbocycles. The molecule has 0 spiro atoms.